The topological polar surface area (TPSA) is 71.8 Å². The van der Waals surface area contributed by atoms with Crippen molar-refractivity contribution in [2.45, 2.75) is 84.7 Å². The molecule has 0 amide bonds. The zero-order chi connectivity index (χ0) is 20.3. The molecule has 152 valence electrons. The van der Waals surface area contributed by atoms with E-state index in [2.05, 4.69) is 5.10 Å². The van der Waals surface area contributed by atoms with E-state index in [1.54, 1.807) is 6.20 Å². The lowest BCUT2D eigenvalue weighted by Crippen LogP contribution is -2.41. The van der Waals surface area contributed by atoms with E-state index < -0.39 is 12.7 Å². The Labute approximate surface area is 162 Å². The fourth-order valence-corrected chi connectivity index (χ4v) is 2.58. The number of esters is 1. The Morgan fingerprint density at radius 1 is 1.19 bits per heavy atom. The van der Waals surface area contributed by atoms with Crippen LogP contribution in [0.1, 0.15) is 61.3 Å². The first-order valence-electron chi connectivity index (χ1n) is 9.57. The number of ether oxygens (including phenoxy) is 2. The van der Waals surface area contributed by atoms with Crippen LogP contribution in [-0.2, 0) is 30.1 Å². The molecular formula is C19H33BN2O5. The van der Waals surface area contributed by atoms with Crippen LogP contribution in [0.3, 0.4) is 0 Å². The van der Waals surface area contributed by atoms with Gasteiger partial charge in [0.25, 0.3) is 0 Å². The summed E-state index contributed by atoms with van der Waals surface area (Å²) in [5.74, 6) is -0.235. The summed E-state index contributed by atoms with van der Waals surface area (Å²) in [4.78, 5) is 11.6. The van der Waals surface area contributed by atoms with Crippen molar-refractivity contribution in [1.82, 2.24) is 9.78 Å². The van der Waals surface area contributed by atoms with E-state index in [1.165, 1.54) is 0 Å². The molecule has 0 unspecified atom stereocenters. The van der Waals surface area contributed by atoms with Gasteiger partial charge in [0.1, 0.15) is 5.60 Å². The fourth-order valence-electron chi connectivity index (χ4n) is 2.58. The maximum Gasteiger partial charge on any atom is 0.498 e. The molecule has 0 aromatic carbocycles. The van der Waals surface area contributed by atoms with Crippen LogP contribution < -0.4 is 5.46 Å². The summed E-state index contributed by atoms with van der Waals surface area (Å²) in [5.41, 5.74) is -0.255. The number of hydrogen-bond donors (Lipinski definition) is 0. The van der Waals surface area contributed by atoms with E-state index in [1.807, 2.05) is 59.3 Å². The van der Waals surface area contributed by atoms with Gasteiger partial charge >= 0.3 is 13.1 Å². The molecule has 8 heteroatoms. The number of carbonyl (C=O) groups excluding carboxylic acids is 1. The van der Waals surface area contributed by atoms with Crippen LogP contribution in [0.4, 0.5) is 0 Å². The molecule has 0 bridgehead atoms. The standard InChI is InChI=1S/C19H33BN2O5/c1-17(2,3)25-16(23)9-12-24-11-8-10-22-14-15(13-21-22)20-26-18(4,5)19(6,7)27-20/h13-14H,8-12H2,1-7H3. The largest absolute Gasteiger partial charge is 0.498 e. The van der Waals surface area contributed by atoms with Gasteiger partial charge in [0.05, 0.1) is 24.2 Å². The van der Waals surface area contributed by atoms with Crippen molar-refractivity contribution in [1.29, 1.82) is 0 Å². The summed E-state index contributed by atoms with van der Waals surface area (Å²) < 4.78 is 24.7. The normalized spacial score (nSPS) is 18.7. The third-order valence-electron chi connectivity index (χ3n) is 4.73. The van der Waals surface area contributed by atoms with Gasteiger partial charge in [-0.15, -0.1) is 0 Å². The average molecular weight is 380 g/mol. The lowest BCUT2D eigenvalue weighted by Gasteiger charge is -2.32. The van der Waals surface area contributed by atoms with Crippen molar-refractivity contribution in [2.24, 2.45) is 0 Å². The molecule has 1 aliphatic rings. The van der Waals surface area contributed by atoms with Gasteiger partial charge in [0.2, 0.25) is 0 Å². The van der Waals surface area contributed by atoms with E-state index in [0.29, 0.717) is 13.2 Å². The van der Waals surface area contributed by atoms with Gasteiger partial charge in [-0.1, -0.05) is 0 Å². The van der Waals surface area contributed by atoms with Crippen LogP contribution in [0.2, 0.25) is 0 Å². The molecule has 0 saturated carbocycles. The predicted molar refractivity (Wildman–Crippen MR) is 104 cm³/mol. The highest BCUT2D eigenvalue weighted by atomic mass is 16.7. The minimum absolute atomic E-state index is 0.235. The predicted octanol–water partition coefficient (Wildman–Crippen LogP) is 2.32. The SMILES string of the molecule is CC(C)(C)OC(=O)CCOCCCn1cc(B2OC(C)(C)C(C)(C)O2)cn1. The number of rotatable bonds is 8. The van der Waals surface area contributed by atoms with Crippen LogP contribution in [0.25, 0.3) is 0 Å². The highest BCUT2D eigenvalue weighted by Crippen LogP contribution is 2.36. The van der Waals surface area contributed by atoms with E-state index in [0.717, 1.165) is 18.4 Å². The monoisotopic (exact) mass is 380 g/mol. The molecule has 27 heavy (non-hydrogen) atoms. The maximum atomic E-state index is 11.6. The van der Waals surface area contributed by atoms with E-state index >= 15 is 0 Å². The third kappa shape index (κ3) is 6.33. The van der Waals surface area contributed by atoms with Gasteiger partial charge in [-0.2, -0.15) is 5.10 Å². The molecule has 0 atom stereocenters. The Balaban J connectivity index is 1.67. The average Bonchev–Trinajstić information content (AvgIpc) is 3.04. The van der Waals surface area contributed by atoms with E-state index in [4.69, 9.17) is 18.8 Å². The summed E-state index contributed by atoms with van der Waals surface area (Å²) >= 11 is 0. The number of nitrogens with zero attached hydrogens (tertiary/aromatic N) is 2. The van der Waals surface area contributed by atoms with Gasteiger partial charge in [-0.3, -0.25) is 9.48 Å². The Bertz CT molecular complexity index is 620. The second-order valence-electron chi connectivity index (χ2n) is 8.93. The van der Waals surface area contributed by atoms with Crippen molar-refractivity contribution in [3.05, 3.63) is 12.4 Å². The molecule has 0 N–H and O–H groups in total. The first-order chi connectivity index (χ1) is 12.4. The van der Waals surface area contributed by atoms with Gasteiger partial charge in [-0.25, -0.2) is 0 Å². The Kier molecular flexibility index (Phi) is 6.76. The van der Waals surface area contributed by atoms with Gasteiger partial charge < -0.3 is 18.8 Å². The van der Waals surface area contributed by atoms with Crippen molar-refractivity contribution in [3.8, 4) is 0 Å². The summed E-state index contributed by atoms with van der Waals surface area (Å²) in [7, 11) is -0.395. The van der Waals surface area contributed by atoms with Gasteiger partial charge in [-0.05, 0) is 54.9 Å². The zero-order valence-corrected chi connectivity index (χ0v) is 17.7. The summed E-state index contributed by atoms with van der Waals surface area (Å²) in [5, 5.41) is 4.37. The molecule has 2 heterocycles. The number of carbonyl (C=O) groups is 1. The van der Waals surface area contributed by atoms with Crippen LogP contribution in [0, 0.1) is 0 Å². The Morgan fingerprint density at radius 2 is 1.81 bits per heavy atom. The third-order valence-corrected chi connectivity index (χ3v) is 4.73. The first-order valence-corrected chi connectivity index (χ1v) is 9.57. The Morgan fingerprint density at radius 3 is 2.41 bits per heavy atom. The molecule has 1 aliphatic heterocycles. The second kappa shape index (κ2) is 8.33. The maximum absolute atomic E-state index is 11.6. The second-order valence-corrected chi connectivity index (χ2v) is 8.93. The summed E-state index contributed by atoms with van der Waals surface area (Å²) in [6.45, 7) is 15.4. The molecule has 1 fully saturated rings. The van der Waals surface area contributed by atoms with Crippen molar-refractivity contribution in [2.75, 3.05) is 13.2 Å². The molecule has 1 aromatic rings. The van der Waals surface area contributed by atoms with Crippen LogP contribution in [0.5, 0.6) is 0 Å². The molecule has 0 aliphatic carbocycles. The van der Waals surface area contributed by atoms with Crippen molar-refractivity contribution >= 4 is 18.6 Å². The van der Waals surface area contributed by atoms with Gasteiger partial charge in [0, 0.05) is 31.0 Å². The number of hydrogen-bond acceptors (Lipinski definition) is 6. The lowest BCUT2D eigenvalue weighted by molar-refractivity contribution is -0.156. The highest BCUT2D eigenvalue weighted by molar-refractivity contribution is 6.61. The molecule has 1 aromatic heterocycles. The lowest BCUT2D eigenvalue weighted by atomic mass is 9.82. The number of aryl methyl sites for hydroxylation is 1. The molecule has 0 radical (unpaired) electrons. The van der Waals surface area contributed by atoms with Crippen LogP contribution in [-0.4, -0.2) is 52.9 Å². The molecule has 2 rings (SSSR count). The van der Waals surface area contributed by atoms with Crippen LogP contribution >= 0.6 is 0 Å². The highest BCUT2D eigenvalue weighted by Gasteiger charge is 2.52. The molecular weight excluding hydrogens is 347 g/mol. The zero-order valence-electron chi connectivity index (χ0n) is 17.7. The van der Waals surface area contributed by atoms with Crippen LogP contribution in [0.15, 0.2) is 12.4 Å². The quantitative estimate of drug-likeness (QED) is 0.392. The fraction of sp³-hybridized carbons (Fsp3) is 0.789. The van der Waals surface area contributed by atoms with Crippen molar-refractivity contribution < 1.29 is 23.6 Å². The minimum atomic E-state index is -0.452. The Hall–Kier alpha value is -1.38. The summed E-state index contributed by atoms with van der Waals surface area (Å²) in [6, 6.07) is 0. The minimum Gasteiger partial charge on any atom is -0.460 e. The molecule has 0 spiro atoms. The van der Waals surface area contributed by atoms with E-state index in [-0.39, 0.29) is 23.6 Å². The molecule has 1 saturated heterocycles. The first kappa shape index (κ1) is 21.9. The van der Waals surface area contributed by atoms with E-state index in [9.17, 15) is 4.79 Å². The number of aromatic nitrogens is 2. The summed E-state index contributed by atoms with van der Waals surface area (Å²) in [6.07, 6.45) is 4.80. The van der Waals surface area contributed by atoms with Crippen molar-refractivity contribution in [3.63, 3.8) is 0 Å². The van der Waals surface area contributed by atoms with Gasteiger partial charge in [0.15, 0.2) is 0 Å². The molecule has 7 nitrogen and oxygen atoms in total. The smallest absolute Gasteiger partial charge is 0.460 e.